The molecule has 3 nitrogen and oxygen atoms in total. The number of rotatable bonds is 3. The number of hydrogen-bond donors (Lipinski definition) is 1. The van der Waals surface area contributed by atoms with E-state index in [1.165, 1.54) is 6.92 Å². The molecule has 6 heteroatoms. The van der Waals surface area contributed by atoms with E-state index < -0.39 is 17.7 Å². The van der Waals surface area contributed by atoms with E-state index >= 15 is 0 Å². The lowest BCUT2D eigenvalue weighted by Gasteiger charge is -2.32. The number of phenolic OH excluding ortho intramolecular Hbond substituents is 1. The van der Waals surface area contributed by atoms with Gasteiger partial charge < -0.3 is 9.84 Å². The van der Waals surface area contributed by atoms with Crippen LogP contribution in [0.2, 0.25) is 0 Å². The summed E-state index contributed by atoms with van der Waals surface area (Å²) >= 11 is 0. The topological polar surface area (TPSA) is 46.5 Å². The van der Waals surface area contributed by atoms with Gasteiger partial charge in [0.05, 0.1) is 0 Å². The lowest BCUT2D eigenvalue weighted by Crippen LogP contribution is -2.43. The van der Waals surface area contributed by atoms with Gasteiger partial charge in [0.25, 0.3) is 0 Å². The highest BCUT2D eigenvalue weighted by molar-refractivity contribution is 5.87. The van der Waals surface area contributed by atoms with Crippen LogP contribution >= 0.6 is 0 Å². The minimum atomic E-state index is -4.80. The molecule has 0 bridgehead atoms. The molecule has 0 radical (unpaired) electrons. The SMILES string of the molecule is C=C(C)C(=O)OC(C)(c1ccc(O)cc1)C(F)(F)F. The maximum absolute atomic E-state index is 13.1. The Bertz CT molecular complexity index is 491. The van der Waals surface area contributed by atoms with E-state index in [1.54, 1.807) is 0 Å². The number of hydrogen-bond acceptors (Lipinski definition) is 3. The molecule has 1 aromatic rings. The number of halogens is 3. The largest absolute Gasteiger partial charge is 0.508 e. The van der Waals surface area contributed by atoms with Gasteiger partial charge in [-0.25, -0.2) is 4.79 Å². The van der Waals surface area contributed by atoms with Crippen molar-refractivity contribution >= 4 is 5.97 Å². The standard InChI is InChI=1S/C13H13F3O3/c1-8(2)11(18)19-12(3,13(14,15)16)9-4-6-10(17)7-5-9/h4-7,17H,1H2,2-3H3. The van der Waals surface area contributed by atoms with Gasteiger partial charge in [0.1, 0.15) is 5.75 Å². The first kappa shape index (κ1) is 15.1. The van der Waals surface area contributed by atoms with Crippen molar-refractivity contribution in [3.8, 4) is 5.75 Å². The van der Waals surface area contributed by atoms with Gasteiger partial charge in [-0.2, -0.15) is 13.2 Å². The highest BCUT2D eigenvalue weighted by Gasteiger charge is 2.56. The number of alkyl halides is 3. The summed E-state index contributed by atoms with van der Waals surface area (Å²) in [6.45, 7) is 5.26. The van der Waals surface area contributed by atoms with Crippen LogP contribution in [0.5, 0.6) is 5.75 Å². The minimum Gasteiger partial charge on any atom is -0.508 e. The maximum atomic E-state index is 13.1. The van der Waals surface area contributed by atoms with Crippen molar-refractivity contribution in [2.75, 3.05) is 0 Å². The molecular formula is C13H13F3O3. The Labute approximate surface area is 108 Å². The van der Waals surface area contributed by atoms with E-state index in [4.69, 9.17) is 5.11 Å². The van der Waals surface area contributed by atoms with Crippen molar-refractivity contribution in [3.05, 3.63) is 42.0 Å². The van der Waals surface area contributed by atoms with E-state index in [-0.39, 0.29) is 16.9 Å². The Morgan fingerprint density at radius 1 is 1.26 bits per heavy atom. The molecule has 19 heavy (non-hydrogen) atoms. The fourth-order valence-electron chi connectivity index (χ4n) is 1.33. The lowest BCUT2D eigenvalue weighted by atomic mass is 9.94. The molecule has 1 rings (SSSR count). The molecule has 0 aromatic heterocycles. The monoisotopic (exact) mass is 274 g/mol. The van der Waals surface area contributed by atoms with Gasteiger partial charge in [0.15, 0.2) is 0 Å². The number of carbonyl (C=O) groups is 1. The molecule has 1 aromatic carbocycles. The molecule has 0 fully saturated rings. The molecule has 0 aliphatic rings. The Kier molecular flexibility index (Phi) is 3.93. The second-order valence-corrected chi connectivity index (χ2v) is 4.25. The van der Waals surface area contributed by atoms with Gasteiger partial charge in [-0.1, -0.05) is 18.7 Å². The van der Waals surface area contributed by atoms with E-state index in [1.807, 2.05) is 0 Å². The van der Waals surface area contributed by atoms with Crippen LogP contribution in [0, 0.1) is 0 Å². The first-order valence-electron chi connectivity index (χ1n) is 5.33. The summed E-state index contributed by atoms with van der Waals surface area (Å²) in [7, 11) is 0. The average molecular weight is 274 g/mol. The van der Waals surface area contributed by atoms with Crippen LogP contribution in [0.1, 0.15) is 19.4 Å². The quantitative estimate of drug-likeness (QED) is 0.679. The second kappa shape index (κ2) is 4.95. The molecule has 0 heterocycles. The summed E-state index contributed by atoms with van der Waals surface area (Å²) in [5.74, 6) is -1.31. The van der Waals surface area contributed by atoms with E-state index in [2.05, 4.69) is 11.3 Å². The molecule has 104 valence electrons. The minimum absolute atomic E-state index is 0.130. The molecule has 0 aliphatic heterocycles. The summed E-state index contributed by atoms with van der Waals surface area (Å²) in [4.78, 5) is 11.4. The summed E-state index contributed by atoms with van der Waals surface area (Å²) in [6, 6.07) is 4.28. The van der Waals surface area contributed by atoms with Crippen molar-refractivity contribution < 1.29 is 27.8 Å². The van der Waals surface area contributed by atoms with Crippen molar-refractivity contribution in [1.82, 2.24) is 0 Å². The van der Waals surface area contributed by atoms with Crippen molar-refractivity contribution in [2.24, 2.45) is 0 Å². The van der Waals surface area contributed by atoms with Crippen molar-refractivity contribution in [1.29, 1.82) is 0 Å². The molecule has 0 aliphatic carbocycles. The molecule has 0 spiro atoms. The predicted octanol–water partition coefficient (Wildman–Crippen LogP) is 3.29. The zero-order valence-electron chi connectivity index (χ0n) is 10.4. The fraction of sp³-hybridized carbons (Fsp3) is 0.308. The van der Waals surface area contributed by atoms with Crippen LogP contribution in [0.15, 0.2) is 36.4 Å². The Morgan fingerprint density at radius 3 is 2.11 bits per heavy atom. The number of ether oxygens (including phenoxy) is 1. The lowest BCUT2D eigenvalue weighted by molar-refractivity contribution is -0.268. The van der Waals surface area contributed by atoms with Crippen molar-refractivity contribution in [2.45, 2.75) is 25.6 Å². The maximum Gasteiger partial charge on any atom is 0.432 e. The summed E-state index contributed by atoms with van der Waals surface area (Å²) in [6.07, 6.45) is -4.80. The zero-order chi connectivity index (χ0) is 14.8. The van der Waals surface area contributed by atoms with E-state index in [9.17, 15) is 18.0 Å². The molecule has 0 amide bonds. The van der Waals surface area contributed by atoms with E-state index in [0.717, 1.165) is 31.2 Å². The molecule has 0 saturated heterocycles. The van der Waals surface area contributed by atoms with Gasteiger partial charge in [0, 0.05) is 11.1 Å². The van der Waals surface area contributed by atoms with Crippen LogP contribution < -0.4 is 0 Å². The summed E-state index contributed by atoms with van der Waals surface area (Å²) < 4.78 is 44.0. The average Bonchev–Trinajstić information content (AvgIpc) is 2.27. The van der Waals surface area contributed by atoms with Crippen LogP contribution in [-0.4, -0.2) is 17.3 Å². The van der Waals surface area contributed by atoms with Crippen LogP contribution in [0.3, 0.4) is 0 Å². The number of benzene rings is 1. The van der Waals surface area contributed by atoms with E-state index in [0.29, 0.717) is 0 Å². The number of aromatic hydroxyl groups is 1. The van der Waals surface area contributed by atoms with Crippen LogP contribution in [-0.2, 0) is 15.1 Å². The predicted molar refractivity (Wildman–Crippen MR) is 62.4 cm³/mol. The van der Waals surface area contributed by atoms with Gasteiger partial charge in [0.2, 0.25) is 5.60 Å². The first-order valence-corrected chi connectivity index (χ1v) is 5.33. The number of esters is 1. The van der Waals surface area contributed by atoms with Gasteiger partial charge in [-0.05, 0) is 26.0 Å². The third-order valence-electron chi connectivity index (χ3n) is 2.60. The zero-order valence-corrected chi connectivity index (χ0v) is 10.4. The Morgan fingerprint density at radius 2 is 1.74 bits per heavy atom. The molecule has 1 N–H and O–H groups in total. The molecule has 1 atom stereocenters. The third kappa shape index (κ3) is 3.07. The van der Waals surface area contributed by atoms with Crippen LogP contribution in [0.4, 0.5) is 13.2 Å². The van der Waals surface area contributed by atoms with Gasteiger partial charge in [-0.3, -0.25) is 0 Å². The Hall–Kier alpha value is -1.98. The molecule has 0 saturated carbocycles. The third-order valence-corrected chi connectivity index (χ3v) is 2.60. The van der Waals surface area contributed by atoms with Crippen molar-refractivity contribution in [3.63, 3.8) is 0 Å². The number of phenols is 1. The summed E-state index contributed by atoms with van der Waals surface area (Å²) in [5, 5.41) is 9.09. The van der Waals surface area contributed by atoms with Gasteiger partial charge in [-0.15, -0.1) is 0 Å². The summed E-state index contributed by atoms with van der Waals surface area (Å²) in [5.41, 5.74) is -3.21. The fourth-order valence-corrected chi connectivity index (χ4v) is 1.33. The second-order valence-electron chi connectivity index (χ2n) is 4.25. The van der Waals surface area contributed by atoms with Crippen LogP contribution in [0.25, 0.3) is 0 Å². The highest BCUT2D eigenvalue weighted by atomic mass is 19.4. The Balaban J connectivity index is 3.24. The first-order chi connectivity index (χ1) is 8.58. The smallest absolute Gasteiger partial charge is 0.432 e. The number of carbonyl (C=O) groups excluding carboxylic acids is 1. The van der Waals surface area contributed by atoms with Gasteiger partial charge >= 0.3 is 12.1 Å². The highest BCUT2D eigenvalue weighted by Crippen LogP contribution is 2.42. The molecular weight excluding hydrogens is 261 g/mol. The molecule has 1 unspecified atom stereocenters. The normalized spacial score (nSPS) is 14.6.